The molecule has 1 heterocycles. The minimum Gasteiger partial charge on any atom is -0.375 e. The minimum atomic E-state index is -0.479. The summed E-state index contributed by atoms with van der Waals surface area (Å²) in [5.74, 6) is 0. The molecule has 0 aliphatic rings. The van der Waals surface area contributed by atoms with Crippen molar-refractivity contribution >= 4 is 23.0 Å². The topological polar surface area (TPSA) is 73.0 Å². The Kier molecular flexibility index (Phi) is 3.94. The molecule has 2 rings (SSSR count). The van der Waals surface area contributed by atoms with Crippen LogP contribution in [0.2, 0.25) is 5.02 Å². The Morgan fingerprint density at radius 1 is 1.45 bits per heavy atom. The van der Waals surface area contributed by atoms with Crippen molar-refractivity contribution in [2.24, 2.45) is 7.05 Å². The van der Waals surface area contributed by atoms with Gasteiger partial charge in [-0.25, -0.2) is 0 Å². The highest BCUT2D eigenvalue weighted by Gasteiger charge is 2.19. The molecule has 6 nitrogen and oxygen atoms in total. The number of hydrogen-bond donors (Lipinski definition) is 1. The SMILES string of the molecule is Cc1nn(C)c(C)c1CNc1cccc(Cl)c1[N+](=O)[O-]. The van der Waals surface area contributed by atoms with Crippen molar-refractivity contribution < 1.29 is 4.92 Å². The minimum absolute atomic E-state index is 0.103. The average Bonchev–Trinajstić information content (AvgIpc) is 2.61. The number of nitrogens with zero attached hydrogens (tertiary/aromatic N) is 3. The van der Waals surface area contributed by atoms with Crippen LogP contribution in [0.25, 0.3) is 0 Å². The molecule has 0 amide bonds. The summed E-state index contributed by atoms with van der Waals surface area (Å²) in [6, 6.07) is 4.83. The van der Waals surface area contributed by atoms with E-state index in [0.29, 0.717) is 12.2 Å². The largest absolute Gasteiger partial charge is 0.375 e. The summed E-state index contributed by atoms with van der Waals surface area (Å²) >= 11 is 5.87. The van der Waals surface area contributed by atoms with Crippen LogP contribution in [-0.4, -0.2) is 14.7 Å². The lowest BCUT2D eigenvalue weighted by Gasteiger charge is -2.08. The lowest BCUT2D eigenvalue weighted by Crippen LogP contribution is -2.05. The zero-order chi connectivity index (χ0) is 14.9. The Morgan fingerprint density at radius 2 is 2.15 bits per heavy atom. The highest BCUT2D eigenvalue weighted by molar-refractivity contribution is 6.33. The number of benzene rings is 1. The number of nitro groups is 1. The van der Waals surface area contributed by atoms with Crippen LogP contribution in [0, 0.1) is 24.0 Å². The standard InChI is InChI=1S/C13H15ClN4O2/c1-8-10(9(2)17(3)16-8)7-15-12-6-4-5-11(14)13(12)18(19)20/h4-6,15H,7H2,1-3H3. The average molecular weight is 295 g/mol. The first-order valence-electron chi connectivity index (χ1n) is 6.07. The zero-order valence-corrected chi connectivity index (χ0v) is 12.2. The number of halogens is 1. The quantitative estimate of drug-likeness (QED) is 0.694. The van der Waals surface area contributed by atoms with Crippen molar-refractivity contribution in [3.8, 4) is 0 Å². The number of anilines is 1. The van der Waals surface area contributed by atoms with E-state index in [1.54, 1.807) is 16.8 Å². The molecule has 1 aromatic carbocycles. The van der Waals surface area contributed by atoms with Gasteiger partial charge in [0.25, 0.3) is 0 Å². The van der Waals surface area contributed by atoms with Gasteiger partial charge in [0.15, 0.2) is 0 Å². The second-order valence-corrected chi connectivity index (χ2v) is 4.93. The first-order chi connectivity index (χ1) is 9.41. The number of aromatic nitrogens is 2. The summed E-state index contributed by atoms with van der Waals surface area (Å²) in [4.78, 5) is 10.6. The maximum atomic E-state index is 11.1. The van der Waals surface area contributed by atoms with Gasteiger partial charge in [0.2, 0.25) is 0 Å². The molecule has 1 aromatic heterocycles. The highest BCUT2D eigenvalue weighted by atomic mass is 35.5. The van der Waals surface area contributed by atoms with Gasteiger partial charge < -0.3 is 5.32 Å². The molecule has 0 unspecified atom stereocenters. The summed E-state index contributed by atoms with van der Waals surface area (Å²) in [5.41, 5.74) is 3.27. The number of hydrogen-bond acceptors (Lipinski definition) is 4. The number of para-hydroxylation sites is 1. The summed E-state index contributed by atoms with van der Waals surface area (Å²) in [5, 5.41) is 18.6. The summed E-state index contributed by atoms with van der Waals surface area (Å²) in [6.07, 6.45) is 0. The number of nitro benzene ring substituents is 1. The molecule has 0 aliphatic heterocycles. The third-order valence-electron chi connectivity index (χ3n) is 3.28. The van der Waals surface area contributed by atoms with Gasteiger partial charge in [0.05, 0.1) is 10.6 Å². The van der Waals surface area contributed by atoms with E-state index in [0.717, 1.165) is 17.0 Å². The predicted octanol–water partition coefficient (Wildman–Crippen LogP) is 3.21. The molecule has 0 bridgehead atoms. The predicted molar refractivity (Wildman–Crippen MR) is 78.1 cm³/mol. The van der Waals surface area contributed by atoms with E-state index in [1.165, 1.54) is 6.07 Å². The van der Waals surface area contributed by atoms with Gasteiger partial charge in [0.1, 0.15) is 10.7 Å². The van der Waals surface area contributed by atoms with E-state index in [-0.39, 0.29) is 10.7 Å². The fourth-order valence-corrected chi connectivity index (χ4v) is 2.34. The van der Waals surface area contributed by atoms with E-state index in [2.05, 4.69) is 10.4 Å². The Labute approximate surface area is 121 Å². The molecule has 0 spiro atoms. The molecule has 0 saturated carbocycles. The van der Waals surface area contributed by atoms with Gasteiger partial charge in [-0.05, 0) is 26.0 Å². The molecule has 0 fully saturated rings. The molecule has 1 N–H and O–H groups in total. The van der Waals surface area contributed by atoms with Gasteiger partial charge in [-0.15, -0.1) is 0 Å². The lowest BCUT2D eigenvalue weighted by atomic mass is 10.2. The molecular formula is C13H15ClN4O2. The van der Waals surface area contributed by atoms with Crippen molar-refractivity contribution in [3.05, 3.63) is 50.3 Å². The Hall–Kier alpha value is -2.08. The molecule has 2 aromatic rings. The third kappa shape index (κ3) is 2.60. The van der Waals surface area contributed by atoms with Crippen LogP contribution in [0.1, 0.15) is 17.0 Å². The van der Waals surface area contributed by atoms with Crippen molar-refractivity contribution in [2.45, 2.75) is 20.4 Å². The van der Waals surface area contributed by atoms with Gasteiger partial charge >= 0.3 is 5.69 Å². The second kappa shape index (κ2) is 5.50. The fraction of sp³-hybridized carbons (Fsp3) is 0.308. The number of aryl methyl sites for hydroxylation is 2. The van der Waals surface area contributed by atoms with E-state index in [4.69, 9.17) is 11.6 Å². The van der Waals surface area contributed by atoms with E-state index in [9.17, 15) is 10.1 Å². The van der Waals surface area contributed by atoms with Crippen molar-refractivity contribution in [1.82, 2.24) is 9.78 Å². The maximum absolute atomic E-state index is 11.1. The van der Waals surface area contributed by atoms with Crippen molar-refractivity contribution in [1.29, 1.82) is 0 Å². The van der Waals surface area contributed by atoms with Crippen LogP contribution in [0.3, 0.4) is 0 Å². The summed E-state index contributed by atoms with van der Waals surface area (Å²) in [6.45, 7) is 4.34. The summed E-state index contributed by atoms with van der Waals surface area (Å²) in [7, 11) is 1.87. The number of rotatable bonds is 4. The third-order valence-corrected chi connectivity index (χ3v) is 3.59. The van der Waals surface area contributed by atoms with Crippen LogP contribution in [0.4, 0.5) is 11.4 Å². The van der Waals surface area contributed by atoms with Crippen LogP contribution in [-0.2, 0) is 13.6 Å². The molecule has 0 aliphatic carbocycles. The Bertz CT molecular complexity index is 667. The van der Waals surface area contributed by atoms with Crippen LogP contribution in [0.5, 0.6) is 0 Å². The van der Waals surface area contributed by atoms with Crippen molar-refractivity contribution in [2.75, 3.05) is 5.32 Å². The fourth-order valence-electron chi connectivity index (χ4n) is 2.10. The monoisotopic (exact) mass is 294 g/mol. The van der Waals surface area contributed by atoms with E-state index >= 15 is 0 Å². The lowest BCUT2D eigenvalue weighted by molar-refractivity contribution is -0.383. The molecule has 106 valence electrons. The smallest absolute Gasteiger partial charge is 0.310 e. The zero-order valence-electron chi connectivity index (χ0n) is 11.5. The second-order valence-electron chi connectivity index (χ2n) is 4.52. The van der Waals surface area contributed by atoms with Gasteiger partial charge in [-0.3, -0.25) is 14.8 Å². The van der Waals surface area contributed by atoms with Crippen molar-refractivity contribution in [3.63, 3.8) is 0 Å². The highest BCUT2D eigenvalue weighted by Crippen LogP contribution is 2.32. The maximum Gasteiger partial charge on any atom is 0.310 e. The number of nitrogens with one attached hydrogen (secondary N) is 1. The first kappa shape index (κ1) is 14.3. The van der Waals surface area contributed by atoms with Gasteiger partial charge in [-0.2, -0.15) is 5.10 Å². The molecule has 0 saturated heterocycles. The first-order valence-corrected chi connectivity index (χ1v) is 6.45. The normalized spacial score (nSPS) is 10.6. The van der Waals surface area contributed by atoms with E-state index < -0.39 is 4.92 Å². The van der Waals surface area contributed by atoms with E-state index in [1.807, 2.05) is 20.9 Å². The molecule has 0 radical (unpaired) electrons. The molecule has 0 atom stereocenters. The summed E-state index contributed by atoms with van der Waals surface area (Å²) < 4.78 is 1.79. The molecular weight excluding hydrogens is 280 g/mol. The molecule has 20 heavy (non-hydrogen) atoms. The molecule has 7 heteroatoms. The van der Waals surface area contributed by atoms with Crippen LogP contribution < -0.4 is 5.32 Å². The Morgan fingerprint density at radius 3 is 2.70 bits per heavy atom. The Balaban J connectivity index is 2.28. The van der Waals surface area contributed by atoms with Crippen LogP contribution >= 0.6 is 11.6 Å². The van der Waals surface area contributed by atoms with Crippen LogP contribution in [0.15, 0.2) is 18.2 Å². The van der Waals surface area contributed by atoms with Gasteiger partial charge in [0, 0.05) is 24.8 Å². The van der Waals surface area contributed by atoms with Gasteiger partial charge in [-0.1, -0.05) is 17.7 Å².